The van der Waals surface area contributed by atoms with Gasteiger partial charge in [0.15, 0.2) is 0 Å². The summed E-state index contributed by atoms with van der Waals surface area (Å²) in [6, 6.07) is 3.36. The molecule has 1 fully saturated rings. The molecular formula is C14H19BN2O3. The lowest BCUT2D eigenvalue weighted by Gasteiger charge is -2.32. The lowest BCUT2D eigenvalue weighted by molar-refractivity contribution is 0.00578. The van der Waals surface area contributed by atoms with Crippen molar-refractivity contribution in [3.8, 4) is 0 Å². The highest BCUT2D eigenvalue weighted by molar-refractivity contribution is 6.52. The molecule has 0 atom stereocenters. The molecule has 0 saturated carbocycles. The van der Waals surface area contributed by atoms with Gasteiger partial charge in [-0.25, -0.2) is 0 Å². The van der Waals surface area contributed by atoms with E-state index in [2.05, 4.69) is 4.98 Å². The highest BCUT2D eigenvalue weighted by Gasteiger charge is 2.49. The molecule has 1 saturated heterocycles. The van der Waals surface area contributed by atoms with Gasteiger partial charge in [0.2, 0.25) is 0 Å². The zero-order valence-electron chi connectivity index (χ0n) is 12.2. The molecule has 0 radical (unpaired) electrons. The first-order valence-corrected chi connectivity index (χ1v) is 6.51. The van der Waals surface area contributed by atoms with Crippen molar-refractivity contribution in [2.24, 2.45) is 5.73 Å². The molecule has 2 rings (SSSR count). The first kappa shape index (κ1) is 14.7. The number of pyridine rings is 1. The van der Waals surface area contributed by atoms with E-state index >= 15 is 0 Å². The smallest absolute Gasteiger partial charge is 0.400 e. The van der Waals surface area contributed by atoms with Crippen molar-refractivity contribution in [3.05, 3.63) is 35.6 Å². The minimum absolute atomic E-state index is 0.248. The topological polar surface area (TPSA) is 74.4 Å². The molecule has 20 heavy (non-hydrogen) atoms. The zero-order chi connectivity index (χ0) is 15.0. The number of rotatable bonds is 3. The van der Waals surface area contributed by atoms with E-state index in [1.54, 1.807) is 18.3 Å². The van der Waals surface area contributed by atoms with E-state index in [4.69, 9.17) is 15.0 Å². The number of hydrogen-bond donors (Lipinski definition) is 1. The van der Waals surface area contributed by atoms with Gasteiger partial charge in [0.05, 0.1) is 11.2 Å². The van der Waals surface area contributed by atoms with Gasteiger partial charge in [-0.2, -0.15) is 0 Å². The van der Waals surface area contributed by atoms with Crippen LogP contribution in [-0.2, 0) is 9.31 Å². The van der Waals surface area contributed by atoms with Crippen LogP contribution < -0.4 is 5.73 Å². The highest BCUT2D eigenvalue weighted by Crippen LogP contribution is 2.36. The molecule has 2 heterocycles. The van der Waals surface area contributed by atoms with E-state index in [9.17, 15) is 4.79 Å². The molecule has 0 bridgehead atoms. The second kappa shape index (κ2) is 5.03. The van der Waals surface area contributed by atoms with Crippen molar-refractivity contribution < 1.29 is 14.1 Å². The number of carbonyl (C=O) groups excluding carboxylic acids is 1. The Labute approximate surface area is 119 Å². The summed E-state index contributed by atoms with van der Waals surface area (Å²) in [7, 11) is -0.393. The van der Waals surface area contributed by atoms with Crippen LogP contribution in [0.15, 0.2) is 24.3 Å². The van der Waals surface area contributed by atoms with Crippen LogP contribution in [0.2, 0.25) is 0 Å². The average molecular weight is 274 g/mol. The maximum absolute atomic E-state index is 10.9. The fourth-order valence-electron chi connectivity index (χ4n) is 1.81. The van der Waals surface area contributed by atoms with Gasteiger partial charge in [0, 0.05) is 6.20 Å². The third-order valence-electron chi connectivity index (χ3n) is 3.76. The molecule has 1 aromatic rings. The van der Waals surface area contributed by atoms with Crippen molar-refractivity contribution in [1.82, 2.24) is 4.98 Å². The molecule has 0 aliphatic carbocycles. The molecule has 0 spiro atoms. The number of amides is 1. The predicted molar refractivity (Wildman–Crippen MR) is 77.9 cm³/mol. The zero-order valence-corrected chi connectivity index (χ0v) is 12.2. The van der Waals surface area contributed by atoms with Crippen LogP contribution in [0.3, 0.4) is 0 Å². The van der Waals surface area contributed by atoms with Gasteiger partial charge < -0.3 is 15.0 Å². The second-order valence-corrected chi connectivity index (χ2v) is 5.82. The minimum atomic E-state index is -0.536. The number of nitrogens with zero attached hydrogens (tertiary/aromatic N) is 1. The Hall–Kier alpha value is -1.66. The summed E-state index contributed by atoms with van der Waals surface area (Å²) < 4.78 is 11.7. The Morgan fingerprint density at radius 3 is 2.30 bits per heavy atom. The maximum Gasteiger partial charge on any atom is 0.487 e. The number of primary amides is 1. The third kappa shape index (κ3) is 2.91. The van der Waals surface area contributed by atoms with E-state index in [0.29, 0.717) is 0 Å². The van der Waals surface area contributed by atoms with E-state index < -0.39 is 13.0 Å². The summed E-state index contributed by atoms with van der Waals surface area (Å²) in [6.45, 7) is 8.02. The molecular weight excluding hydrogens is 255 g/mol. The van der Waals surface area contributed by atoms with Gasteiger partial charge in [0.1, 0.15) is 5.69 Å². The first-order chi connectivity index (χ1) is 9.21. The Morgan fingerprint density at radius 2 is 1.85 bits per heavy atom. The van der Waals surface area contributed by atoms with Crippen LogP contribution in [0.5, 0.6) is 0 Å². The van der Waals surface area contributed by atoms with Crippen LogP contribution in [0.1, 0.15) is 43.7 Å². The second-order valence-electron chi connectivity index (χ2n) is 5.82. The van der Waals surface area contributed by atoms with E-state index in [0.717, 1.165) is 5.56 Å². The van der Waals surface area contributed by atoms with Crippen LogP contribution in [0, 0.1) is 0 Å². The van der Waals surface area contributed by atoms with Crippen LogP contribution in [-0.4, -0.2) is 29.2 Å². The summed E-state index contributed by atoms with van der Waals surface area (Å²) >= 11 is 0. The van der Waals surface area contributed by atoms with Gasteiger partial charge in [0.25, 0.3) is 5.91 Å². The Balaban J connectivity index is 2.06. The molecule has 5 nitrogen and oxygen atoms in total. The standard InChI is InChI=1S/C14H19BN2O3/c1-13(2)14(3,4)20-15(19-13)8-7-10-5-6-11(12(16)18)17-9-10/h5-9H,1-4H3,(H2,16,18)/b8-7+. The molecule has 0 unspecified atom stereocenters. The summed E-state index contributed by atoms with van der Waals surface area (Å²) in [4.78, 5) is 14.9. The minimum Gasteiger partial charge on any atom is -0.400 e. The fraction of sp³-hybridized carbons (Fsp3) is 0.429. The van der Waals surface area contributed by atoms with Gasteiger partial charge in [-0.3, -0.25) is 9.78 Å². The lowest BCUT2D eigenvalue weighted by atomic mass is 9.89. The fourth-order valence-corrected chi connectivity index (χ4v) is 1.81. The summed E-state index contributed by atoms with van der Waals surface area (Å²) in [5.74, 6) is 1.30. The SMILES string of the molecule is CC1(C)OB(/C=C/c2ccc(C(N)=O)nc2)OC1(C)C. The Morgan fingerprint density at radius 1 is 1.25 bits per heavy atom. The van der Waals surface area contributed by atoms with E-state index in [1.807, 2.05) is 39.7 Å². The first-order valence-electron chi connectivity index (χ1n) is 6.51. The highest BCUT2D eigenvalue weighted by atomic mass is 16.7. The van der Waals surface area contributed by atoms with Crippen molar-refractivity contribution in [3.63, 3.8) is 0 Å². The van der Waals surface area contributed by atoms with Crippen LogP contribution >= 0.6 is 0 Å². The predicted octanol–water partition coefficient (Wildman–Crippen LogP) is 1.83. The molecule has 1 aromatic heterocycles. The van der Waals surface area contributed by atoms with Crippen molar-refractivity contribution in [1.29, 1.82) is 0 Å². The largest absolute Gasteiger partial charge is 0.487 e. The summed E-state index contributed by atoms with van der Waals surface area (Å²) in [6.07, 6.45) is 3.43. The van der Waals surface area contributed by atoms with Gasteiger partial charge >= 0.3 is 7.12 Å². The summed E-state index contributed by atoms with van der Waals surface area (Å²) in [5.41, 5.74) is 5.53. The molecule has 6 heteroatoms. The molecule has 1 aliphatic rings. The van der Waals surface area contributed by atoms with Crippen LogP contribution in [0.4, 0.5) is 0 Å². The molecule has 0 aromatic carbocycles. The van der Waals surface area contributed by atoms with Crippen molar-refractivity contribution in [2.45, 2.75) is 38.9 Å². The summed E-state index contributed by atoms with van der Waals surface area (Å²) in [5, 5.41) is 0. The Bertz CT molecular complexity index is 522. The van der Waals surface area contributed by atoms with Crippen molar-refractivity contribution in [2.75, 3.05) is 0 Å². The van der Waals surface area contributed by atoms with Gasteiger partial charge in [-0.15, -0.1) is 0 Å². The van der Waals surface area contributed by atoms with Gasteiger partial charge in [-0.05, 0) is 39.3 Å². The molecule has 2 N–H and O–H groups in total. The van der Waals surface area contributed by atoms with Crippen molar-refractivity contribution >= 4 is 19.1 Å². The van der Waals surface area contributed by atoms with E-state index in [-0.39, 0.29) is 16.9 Å². The Kier molecular flexibility index (Phi) is 3.71. The number of hydrogen-bond acceptors (Lipinski definition) is 4. The van der Waals surface area contributed by atoms with Crippen LogP contribution in [0.25, 0.3) is 6.08 Å². The third-order valence-corrected chi connectivity index (χ3v) is 3.76. The quantitative estimate of drug-likeness (QED) is 0.853. The monoisotopic (exact) mass is 274 g/mol. The number of aromatic nitrogens is 1. The number of carbonyl (C=O) groups is 1. The average Bonchev–Trinajstić information content (AvgIpc) is 2.56. The number of nitrogens with two attached hydrogens (primary N) is 1. The normalized spacial score (nSPS) is 20.5. The van der Waals surface area contributed by atoms with Gasteiger partial charge in [-0.1, -0.05) is 18.1 Å². The lowest BCUT2D eigenvalue weighted by Crippen LogP contribution is -2.41. The van der Waals surface area contributed by atoms with E-state index in [1.165, 1.54) is 0 Å². The molecule has 106 valence electrons. The molecule has 1 aliphatic heterocycles. The maximum atomic E-state index is 10.9. The molecule has 1 amide bonds.